The number of nitrogens with one attached hydrogen (secondary N) is 1. The molecule has 30 heavy (non-hydrogen) atoms. The Morgan fingerprint density at radius 3 is 2.47 bits per heavy atom. The number of aryl methyl sites for hydroxylation is 1. The standard InChI is InChI=1S/C18H19BrN8O2S/c1-11-15(16-22-9-12(19)10-26(16)23-11)30(28,29)25-14-8-13(18(2,3)4)24-27(14)17-20-6-5-7-21-17/h5-10,25H,1-4H3. The maximum atomic E-state index is 13.3. The van der Waals surface area contributed by atoms with Crippen LogP contribution in [0, 0.1) is 6.92 Å². The van der Waals surface area contributed by atoms with E-state index in [0.29, 0.717) is 15.9 Å². The molecule has 10 nitrogen and oxygen atoms in total. The molecule has 1 N–H and O–H groups in total. The molecular formula is C18H19BrN8O2S. The highest BCUT2D eigenvalue weighted by atomic mass is 79.9. The van der Waals surface area contributed by atoms with Crippen LogP contribution in [0.15, 0.2) is 46.3 Å². The van der Waals surface area contributed by atoms with Gasteiger partial charge in [-0.3, -0.25) is 4.72 Å². The zero-order valence-corrected chi connectivity index (χ0v) is 19.1. The molecule has 0 aliphatic heterocycles. The van der Waals surface area contributed by atoms with Crippen molar-refractivity contribution >= 4 is 37.4 Å². The second-order valence-corrected chi connectivity index (χ2v) is 10.2. The molecule has 0 fully saturated rings. The number of rotatable bonds is 4. The Morgan fingerprint density at radius 2 is 1.80 bits per heavy atom. The maximum Gasteiger partial charge on any atom is 0.268 e. The Kier molecular flexibility index (Phi) is 4.85. The number of hydrogen-bond acceptors (Lipinski definition) is 7. The maximum absolute atomic E-state index is 13.3. The van der Waals surface area contributed by atoms with Crippen molar-refractivity contribution in [1.82, 2.24) is 34.3 Å². The molecular weight excluding hydrogens is 472 g/mol. The number of anilines is 1. The molecule has 12 heteroatoms. The molecule has 0 saturated heterocycles. The first-order valence-corrected chi connectivity index (χ1v) is 11.2. The largest absolute Gasteiger partial charge is 0.268 e. The molecule has 0 saturated carbocycles. The fourth-order valence-corrected chi connectivity index (χ4v) is 4.51. The van der Waals surface area contributed by atoms with Crippen molar-refractivity contribution in [2.45, 2.75) is 38.0 Å². The van der Waals surface area contributed by atoms with Crippen molar-refractivity contribution in [2.75, 3.05) is 4.72 Å². The summed E-state index contributed by atoms with van der Waals surface area (Å²) in [7, 11) is -4.03. The van der Waals surface area contributed by atoms with Crippen molar-refractivity contribution in [3.05, 3.63) is 52.8 Å². The van der Waals surface area contributed by atoms with Gasteiger partial charge in [0.2, 0.25) is 0 Å². The van der Waals surface area contributed by atoms with E-state index >= 15 is 0 Å². The van der Waals surface area contributed by atoms with E-state index in [2.05, 4.69) is 45.8 Å². The second kappa shape index (κ2) is 7.13. The molecule has 0 aromatic carbocycles. The van der Waals surface area contributed by atoms with Gasteiger partial charge in [0.25, 0.3) is 16.0 Å². The van der Waals surface area contributed by atoms with Crippen molar-refractivity contribution in [2.24, 2.45) is 0 Å². The van der Waals surface area contributed by atoms with Crippen LogP contribution < -0.4 is 4.72 Å². The van der Waals surface area contributed by atoms with E-state index in [9.17, 15) is 8.42 Å². The van der Waals surface area contributed by atoms with E-state index in [-0.39, 0.29) is 27.7 Å². The number of nitrogens with zero attached hydrogens (tertiary/aromatic N) is 7. The Balaban J connectivity index is 1.84. The van der Waals surface area contributed by atoms with Crippen LogP contribution in [0.1, 0.15) is 32.2 Å². The highest BCUT2D eigenvalue weighted by molar-refractivity contribution is 9.10. The molecule has 0 radical (unpaired) electrons. The van der Waals surface area contributed by atoms with Gasteiger partial charge in [0.1, 0.15) is 5.82 Å². The van der Waals surface area contributed by atoms with E-state index in [1.54, 1.807) is 37.6 Å². The van der Waals surface area contributed by atoms with Gasteiger partial charge in [-0.25, -0.2) is 27.9 Å². The second-order valence-electron chi connectivity index (χ2n) is 7.69. The molecule has 4 aromatic rings. The third-order valence-corrected chi connectivity index (χ3v) is 6.19. The van der Waals surface area contributed by atoms with Gasteiger partial charge in [-0.05, 0) is 28.9 Å². The van der Waals surface area contributed by atoms with Crippen molar-refractivity contribution < 1.29 is 8.42 Å². The van der Waals surface area contributed by atoms with Crippen LogP contribution >= 0.6 is 15.9 Å². The van der Waals surface area contributed by atoms with Crippen molar-refractivity contribution in [3.63, 3.8) is 0 Å². The Morgan fingerprint density at radius 1 is 1.10 bits per heavy atom. The van der Waals surface area contributed by atoms with E-state index in [0.717, 1.165) is 0 Å². The third kappa shape index (κ3) is 3.67. The highest BCUT2D eigenvalue weighted by Gasteiger charge is 2.28. The zero-order chi connectivity index (χ0) is 21.7. The molecule has 0 atom stereocenters. The van der Waals surface area contributed by atoms with Crippen molar-refractivity contribution in [3.8, 4) is 5.95 Å². The summed E-state index contributed by atoms with van der Waals surface area (Å²) in [5.41, 5.74) is 0.924. The Bertz CT molecular complexity index is 1340. The highest BCUT2D eigenvalue weighted by Crippen LogP contribution is 2.28. The van der Waals surface area contributed by atoms with Gasteiger partial charge in [-0.2, -0.15) is 14.9 Å². The van der Waals surface area contributed by atoms with Gasteiger partial charge in [0.15, 0.2) is 10.5 Å². The lowest BCUT2D eigenvalue weighted by molar-refractivity contribution is 0.558. The monoisotopic (exact) mass is 490 g/mol. The average molecular weight is 491 g/mol. The van der Waals surface area contributed by atoms with E-state index in [1.807, 2.05) is 20.8 Å². The third-order valence-electron chi connectivity index (χ3n) is 4.29. The molecule has 0 aliphatic carbocycles. The van der Waals surface area contributed by atoms with E-state index in [1.165, 1.54) is 15.4 Å². The lowest BCUT2D eigenvalue weighted by atomic mass is 9.92. The van der Waals surface area contributed by atoms with Gasteiger partial charge in [0.05, 0.1) is 15.9 Å². The number of halogens is 1. The summed E-state index contributed by atoms with van der Waals surface area (Å²) in [5.74, 6) is 0.478. The predicted molar refractivity (Wildman–Crippen MR) is 114 cm³/mol. The fourth-order valence-electron chi connectivity index (χ4n) is 2.88. The normalized spacial score (nSPS) is 12.4. The fraction of sp³-hybridized carbons (Fsp3) is 0.278. The predicted octanol–water partition coefficient (Wildman–Crippen LogP) is 2.87. The molecule has 0 aliphatic rings. The summed E-state index contributed by atoms with van der Waals surface area (Å²) < 4.78 is 32.8. The first kappa shape index (κ1) is 20.4. The minimum absolute atomic E-state index is 0.00552. The van der Waals surface area contributed by atoms with Crippen LogP contribution in [0.2, 0.25) is 0 Å². The first-order chi connectivity index (χ1) is 14.1. The lowest BCUT2D eigenvalue weighted by Crippen LogP contribution is -2.17. The summed E-state index contributed by atoms with van der Waals surface area (Å²) in [5, 5.41) is 8.80. The molecule has 0 bridgehead atoms. The van der Waals surface area contributed by atoms with Crippen LogP contribution in [-0.4, -0.2) is 42.8 Å². The number of aromatic nitrogens is 7. The average Bonchev–Trinajstić information content (AvgIpc) is 3.22. The van der Waals surface area contributed by atoms with Gasteiger partial charge >= 0.3 is 0 Å². The number of hydrogen-bond donors (Lipinski definition) is 1. The summed E-state index contributed by atoms with van der Waals surface area (Å²) >= 11 is 3.31. The number of sulfonamides is 1. The van der Waals surface area contributed by atoms with Crippen molar-refractivity contribution in [1.29, 1.82) is 0 Å². The Hall–Kier alpha value is -2.86. The van der Waals surface area contributed by atoms with Gasteiger partial charge in [0, 0.05) is 36.3 Å². The van der Waals surface area contributed by atoms with Crippen LogP contribution in [0.4, 0.5) is 5.82 Å². The molecule has 156 valence electrons. The minimum Gasteiger partial charge on any atom is -0.263 e. The van der Waals surface area contributed by atoms with E-state index in [4.69, 9.17) is 0 Å². The van der Waals surface area contributed by atoms with Crippen LogP contribution in [0.5, 0.6) is 0 Å². The number of fused-ring (bicyclic) bond motifs is 1. The molecule has 0 spiro atoms. The van der Waals surface area contributed by atoms with Gasteiger partial charge < -0.3 is 0 Å². The van der Waals surface area contributed by atoms with E-state index < -0.39 is 10.0 Å². The quantitative estimate of drug-likeness (QED) is 0.466. The first-order valence-electron chi connectivity index (χ1n) is 8.97. The van der Waals surface area contributed by atoms with Gasteiger partial charge in [-0.15, -0.1) is 0 Å². The van der Waals surface area contributed by atoms with Crippen LogP contribution in [-0.2, 0) is 15.4 Å². The molecule has 4 heterocycles. The SMILES string of the molecule is Cc1nn2cc(Br)cnc2c1S(=O)(=O)Nc1cc(C(C)(C)C)nn1-c1ncccn1. The molecule has 4 rings (SSSR count). The molecule has 4 aromatic heterocycles. The summed E-state index contributed by atoms with van der Waals surface area (Å²) in [4.78, 5) is 12.6. The van der Waals surface area contributed by atoms with Crippen LogP contribution in [0.3, 0.4) is 0 Å². The summed E-state index contributed by atoms with van der Waals surface area (Å²) in [6.45, 7) is 7.58. The smallest absolute Gasteiger partial charge is 0.263 e. The topological polar surface area (TPSA) is 120 Å². The lowest BCUT2D eigenvalue weighted by Gasteiger charge is -2.13. The van der Waals surface area contributed by atoms with Gasteiger partial charge in [-0.1, -0.05) is 20.8 Å². The minimum atomic E-state index is -4.03. The Labute approximate surface area is 181 Å². The summed E-state index contributed by atoms with van der Waals surface area (Å²) in [6, 6.07) is 3.35. The molecule has 0 amide bonds. The van der Waals surface area contributed by atoms with Crippen LogP contribution in [0.25, 0.3) is 11.6 Å². The molecule has 0 unspecified atom stereocenters. The summed E-state index contributed by atoms with van der Waals surface area (Å²) in [6.07, 6.45) is 6.30. The zero-order valence-electron chi connectivity index (χ0n) is 16.7.